The summed E-state index contributed by atoms with van der Waals surface area (Å²) < 4.78 is 24.2. The smallest absolute Gasteiger partial charge is 0.181 e. The van der Waals surface area contributed by atoms with Crippen molar-refractivity contribution in [1.29, 1.82) is 0 Å². The van der Waals surface area contributed by atoms with Gasteiger partial charge in [0.2, 0.25) is 0 Å². The summed E-state index contributed by atoms with van der Waals surface area (Å²) in [6.45, 7) is 7.31. The topological polar surface area (TPSA) is 54.4 Å². The SMILES string of the molecule is Cc1ccc(C(C)C)cc1S(=O)(=O)CC(C)O. The molecule has 0 aromatic heterocycles. The molecule has 0 fully saturated rings. The van der Waals surface area contributed by atoms with Crippen LogP contribution >= 0.6 is 0 Å². The third-order valence-electron chi connectivity index (χ3n) is 2.67. The lowest BCUT2D eigenvalue weighted by atomic mass is 10.0. The summed E-state index contributed by atoms with van der Waals surface area (Å²) in [6.07, 6.45) is -0.845. The third kappa shape index (κ3) is 3.54. The molecular formula is C13H20O3S. The summed E-state index contributed by atoms with van der Waals surface area (Å²) >= 11 is 0. The summed E-state index contributed by atoms with van der Waals surface area (Å²) in [5, 5.41) is 9.24. The Morgan fingerprint density at radius 1 is 1.24 bits per heavy atom. The lowest BCUT2D eigenvalue weighted by Gasteiger charge is -2.12. The van der Waals surface area contributed by atoms with Crippen LogP contribution in [-0.4, -0.2) is 25.4 Å². The van der Waals surface area contributed by atoms with Gasteiger partial charge in [0, 0.05) is 0 Å². The van der Waals surface area contributed by atoms with Gasteiger partial charge in [-0.2, -0.15) is 0 Å². The summed E-state index contributed by atoms with van der Waals surface area (Å²) in [5.74, 6) is 0.0613. The fourth-order valence-electron chi connectivity index (χ4n) is 1.72. The normalized spacial score (nSPS) is 14.0. The van der Waals surface area contributed by atoms with E-state index in [-0.39, 0.29) is 11.7 Å². The maximum atomic E-state index is 12.1. The van der Waals surface area contributed by atoms with Gasteiger partial charge in [-0.25, -0.2) is 8.42 Å². The van der Waals surface area contributed by atoms with Gasteiger partial charge in [0.15, 0.2) is 9.84 Å². The molecular weight excluding hydrogens is 236 g/mol. The second kappa shape index (κ2) is 5.19. The highest BCUT2D eigenvalue weighted by molar-refractivity contribution is 7.91. The molecule has 0 amide bonds. The van der Waals surface area contributed by atoms with Crippen molar-refractivity contribution in [3.63, 3.8) is 0 Å². The van der Waals surface area contributed by atoms with Gasteiger partial charge < -0.3 is 5.11 Å². The fourth-order valence-corrected chi connectivity index (χ4v) is 3.41. The number of aliphatic hydroxyl groups excluding tert-OH is 1. The largest absolute Gasteiger partial charge is 0.392 e. The molecule has 0 saturated heterocycles. The third-order valence-corrected chi connectivity index (χ3v) is 4.71. The Hall–Kier alpha value is -0.870. The maximum absolute atomic E-state index is 12.1. The summed E-state index contributed by atoms with van der Waals surface area (Å²) in [4.78, 5) is 0.338. The maximum Gasteiger partial charge on any atom is 0.181 e. The van der Waals surface area contributed by atoms with E-state index in [2.05, 4.69) is 0 Å². The molecule has 0 aliphatic carbocycles. The van der Waals surface area contributed by atoms with Crippen LogP contribution in [0.4, 0.5) is 0 Å². The number of rotatable bonds is 4. The molecule has 1 aromatic carbocycles. The van der Waals surface area contributed by atoms with E-state index >= 15 is 0 Å². The summed E-state index contributed by atoms with van der Waals surface area (Å²) in [5.41, 5.74) is 1.73. The quantitative estimate of drug-likeness (QED) is 0.899. The zero-order valence-corrected chi connectivity index (χ0v) is 11.6. The van der Waals surface area contributed by atoms with E-state index in [1.54, 1.807) is 13.0 Å². The molecule has 0 bridgehead atoms. The molecule has 4 heteroatoms. The standard InChI is InChI=1S/C13H20O3S/c1-9(2)12-6-5-10(3)13(7-12)17(15,16)8-11(4)14/h5-7,9,11,14H,8H2,1-4H3. The Labute approximate surface area is 103 Å². The lowest BCUT2D eigenvalue weighted by molar-refractivity contribution is 0.218. The Kier molecular flexibility index (Phi) is 4.33. The first-order chi connectivity index (χ1) is 7.74. The molecule has 1 N–H and O–H groups in total. The van der Waals surface area contributed by atoms with Crippen LogP contribution in [0.1, 0.15) is 37.8 Å². The van der Waals surface area contributed by atoms with Crippen molar-refractivity contribution >= 4 is 9.84 Å². The van der Waals surface area contributed by atoms with Crippen LogP contribution in [0, 0.1) is 6.92 Å². The zero-order valence-electron chi connectivity index (χ0n) is 10.8. The highest BCUT2D eigenvalue weighted by Gasteiger charge is 2.20. The first-order valence-corrected chi connectivity index (χ1v) is 7.40. The molecule has 0 radical (unpaired) electrons. The minimum absolute atomic E-state index is 0.227. The number of hydrogen-bond donors (Lipinski definition) is 1. The molecule has 1 unspecified atom stereocenters. The highest BCUT2D eigenvalue weighted by atomic mass is 32.2. The van der Waals surface area contributed by atoms with Crippen LogP contribution in [0.3, 0.4) is 0 Å². The van der Waals surface area contributed by atoms with E-state index in [4.69, 9.17) is 0 Å². The first-order valence-electron chi connectivity index (χ1n) is 5.75. The summed E-state index contributed by atoms with van der Waals surface area (Å²) in [7, 11) is -3.40. The molecule has 96 valence electrons. The van der Waals surface area contributed by atoms with Crippen molar-refractivity contribution in [1.82, 2.24) is 0 Å². The average molecular weight is 256 g/mol. The van der Waals surface area contributed by atoms with E-state index < -0.39 is 15.9 Å². The molecule has 1 atom stereocenters. The van der Waals surface area contributed by atoms with Crippen LogP contribution in [-0.2, 0) is 9.84 Å². The van der Waals surface area contributed by atoms with Crippen molar-refractivity contribution in [2.75, 3.05) is 5.75 Å². The van der Waals surface area contributed by atoms with Crippen LogP contribution in [0.15, 0.2) is 23.1 Å². The van der Waals surface area contributed by atoms with E-state index in [0.29, 0.717) is 4.90 Å². The van der Waals surface area contributed by atoms with Gasteiger partial charge >= 0.3 is 0 Å². The summed E-state index contributed by atoms with van der Waals surface area (Å²) in [6, 6.07) is 5.49. The van der Waals surface area contributed by atoms with Crippen molar-refractivity contribution in [2.45, 2.75) is 44.6 Å². The number of benzene rings is 1. The van der Waals surface area contributed by atoms with Gasteiger partial charge in [-0.15, -0.1) is 0 Å². The molecule has 0 heterocycles. The van der Waals surface area contributed by atoms with Gasteiger partial charge in [0.25, 0.3) is 0 Å². The van der Waals surface area contributed by atoms with Gasteiger partial charge in [-0.1, -0.05) is 26.0 Å². The van der Waals surface area contributed by atoms with Gasteiger partial charge in [-0.3, -0.25) is 0 Å². The number of aliphatic hydroxyl groups is 1. The zero-order chi connectivity index (χ0) is 13.2. The number of hydrogen-bond acceptors (Lipinski definition) is 3. The van der Waals surface area contributed by atoms with E-state index in [1.807, 2.05) is 26.0 Å². The molecule has 3 nitrogen and oxygen atoms in total. The van der Waals surface area contributed by atoms with Crippen LogP contribution in [0.5, 0.6) is 0 Å². The first kappa shape index (κ1) is 14.2. The monoisotopic (exact) mass is 256 g/mol. The highest BCUT2D eigenvalue weighted by Crippen LogP contribution is 2.23. The van der Waals surface area contributed by atoms with Crippen molar-refractivity contribution in [2.24, 2.45) is 0 Å². The van der Waals surface area contributed by atoms with Gasteiger partial charge in [0.1, 0.15) is 0 Å². The molecule has 0 aliphatic rings. The molecule has 0 aliphatic heterocycles. The molecule has 0 spiro atoms. The Bertz CT molecular complexity index is 487. The second-order valence-electron chi connectivity index (χ2n) is 4.81. The van der Waals surface area contributed by atoms with Gasteiger partial charge in [-0.05, 0) is 37.0 Å². The molecule has 17 heavy (non-hydrogen) atoms. The van der Waals surface area contributed by atoms with Crippen LogP contribution in [0.2, 0.25) is 0 Å². The minimum Gasteiger partial charge on any atom is -0.392 e. The molecule has 1 aromatic rings. The Morgan fingerprint density at radius 2 is 1.82 bits per heavy atom. The van der Waals surface area contributed by atoms with Crippen molar-refractivity contribution in [3.05, 3.63) is 29.3 Å². The Morgan fingerprint density at radius 3 is 2.29 bits per heavy atom. The predicted octanol–water partition coefficient (Wildman–Crippen LogP) is 2.27. The number of aryl methyl sites for hydroxylation is 1. The van der Waals surface area contributed by atoms with E-state index in [9.17, 15) is 13.5 Å². The molecule has 1 rings (SSSR count). The van der Waals surface area contributed by atoms with Crippen molar-refractivity contribution < 1.29 is 13.5 Å². The molecule has 0 saturated carbocycles. The van der Waals surface area contributed by atoms with E-state index in [1.165, 1.54) is 6.92 Å². The average Bonchev–Trinajstić information content (AvgIpc) is 2.15. The number of sulfone groups is 1. The predicted molar refractivity (Wildman–Crippen MR) is 69.0 cm³/mol. The fraction of sp³-hybridized carbons (Fsp3) is 0.538. The Balaban J connectivity index is 3.25. The van der Waals surface area contributed by atoms with Gasteiger partial charge in [0.05, 0.1) is 16.8 Å². The minimum atomic E-state index is -3.40. The van der Waals surface area contributed by atoms with Crippen LogP contribution in [0.25, 0.3) is 0 Å². The lowest BCUT2D eigenvalue weighted by Crippen LogP contribution is -2.18. The second-order valence-corrected chi connectivity index (χ2v) is 6.81. The van der Waals surface area contributed by atoms with E-state index in [0.717, 1.165) is 11.1 Å². The van der Waals surface area contributed by atoms with Crippen molar-refractivity contribution in [3.8, 4) is 0 Å². The van der Waals surface area contributed by atoms with Crippen LogP contribution < -0.4 is 0 Å².